The number of nitrogens with one attached hydrogen (secondary N) is 1. The molecule has 11 heteroatoms. The van der Waals surface area contributed by atoms with E-state index in [4.69, 9.17) is 9.72 Å². The first-order valence-corrected chi connectivity index (χ1v) is 11.8. The fourth-order valence-electron chi connectivity index (χ4n) is 4.75. The molecule has 0 unspecified atom stereocenters. The van der Waals surface area contributed by atoms with E-state index in [0.29, 0.717) is 29.0 Å². The number of carbonyl (C=O) groups is 1. The van der Waals surface area contributed by atoms with E-state index in [-0.39, 0.29) is 30.8 Å². The molecule has 0 spiro atoms. The minimum atomic E-state index is -4.56. The first-order chi connectivity index (χ1) is 17.7. The maximum absolute atomic E-state index is 13.0. The number of amides is 1. The molecule has 0 saturated carbocycles. The molecule has 5 rings (SSSR count). The van der Waals surface area contributed by atoms with Crippen LogP contribution in [0.3, 0.4) is 0 Å². The predicted molar refractivity (Wildman–Crippen MR) is 128 cm³/mol. The standard InChI is InChI=1S/C26H23F3N6O2/c1-15-9-18(7-8-37-15)35-23(11-24(36)32-13-17-3-2-4-22(33-17)26(27,28)29)34-21-14-31-20-6-5-16(12-30)10-19(20)25(21)35/h2-6,10,14-15,18H,7-9,11,13H2,1H3,(H,32,36)/t15-,18-/m1/s1. The molecule has 1 fully saturated rings. The molecule has 0 radical (unpaired) electrons. The Bertz CT molecular complexity index is 1520. The number of halogens is 3. The first kappa shape index (κ1) is 24.6. The van der Waals surface area contributed by atoms with Crippen molar-refractivity contribution in [2.24, 2.45) is 0 Å². The number of aromatic nitrogens is 4. The van der Waals surface area contributed by atoms with E-state index in [1.54, 1.807) is 24.4 Å². The largest absolute Gasteiger partial charge is 0.433 e. The molecule has 3 aromatic heterocycles. The summed E-state index contributed by atoms with van der Waals surface area (Å²) >= 11 is 0. The highest BCUT2D eigenvalue weighted by atomic mass is 19.4. The highest BCUT2D eigenvalue weighted by Gasteiger charge is 2.32. The van der Waals surface area contributed by atoms with Crippen LogP contribution in [0, 0.1) is 11.3 Å². The van der Waals surface area contributed by atoms with E-state index in [0.717, 1.165) is 29.8 Å². The van der Waals surface area contributed by atoms with Crippen molar-refractivity contribution in [3.05, 3.63) is 65.4 Å². The molecule has 37 heavy (non-hydrogen) atoms. The second-order valence-corrected chi connectivity index (χ2v) is 9.06. The van der Waals surface area contributed by atoms with Crippen LogP contribution in [0.2, 0.25) is 0 Å². The number of fused-ring (bicyclic) bond motifs is 3. The van der Waals surface area contributed by atoms with E-state index in [9.17, 15) is 23.2 Å². The fourth-order valence-corrected chi connectivity index (χ4v) is 4.75. The van der Waals surface area contributed by atoms with Gasteiger partial charge >= 0.3 is 6.18 Å². The van der Waals surface area contributed by atoms with Crippen molar-refractivity contribution in [3.8, 4) is 6.07 Å². The van der Waals surface area contributed by atoms with Gasteiger partial charge in [-0.15, -0.1) is 0 Å². The number of nitriles is 1. The Balaban J connectivity index is 1.48. The quantitative estimate of drug-likeness (QED) is 0.427. The van der Waals surface area contributed by atoms with Gasteiger partial charge in [-0.05, 0) is 50.1 Å². The van der Waals surface area contributed by atoms with Gasteiger partial charge in [0.1, 0.15) is 17.0 Å². The van der Waals surface area contributed by atoms with E-state index in [1.165, 1.54) is 12.1 Å². The zero-order valence-corrected chi connectivity index (χ0v) is 19.9. The molecule has 1 aliphatic heterocycles. The van der Waals surface area contributed by atoms with Crippen molar-refractivity contribution < 1.29 is 22.7 Å². The van der Waals surface area contributed by atoms with Crippen LogP contribution in [0.4, 0.5) is 13.2 Å². The number of benzene rings is 1. The third kappa shape index (κ3) is 5.11. The molecule has 1 saturated heterocycles. The average Bonchev–Trinajstić information content (AvgIpc) is 3.25. The summed E-state index contributed by atoms with van der Waals surface area (Å²) in [6, 6.07) is 11.0. The number of imidazole rings is 1. The number of ether oxygens (including phenoxy) is 1. The molecule has 0 aliphatic carbocycles. The third-order valence-corrected chi connectivity index (χ3v) is 6.42. The zero-order valence-electron chi connectivity index (χ0n) is 19.9. The van der Waals surface area contributed by atoms with Gasteiger partial charge in [-0.1, -0.05) is 6.07 Å². The minimum Gasteiger partial charge on any atom is -0.378 e. The van der Waals surface area contributed by atoms with Gasteiger partial charge < -0.3 is 14.6 Å². The number of rotatable bonds is 5. The fraction of sp³-hybridized carbons (Fsp3) is 0.346. The highest BCUT2D eigenvalue weighted by molar-refractivity contribution is 6.03. The SMILES string of the molecule is C[C@@H]1C[C@H](n2c(CC(=O)NCc3cccc(C(F)(F)F)n3)nc3cnc4ccc(C#N)cc4c32)CCO1. The van der Waals surface area contributed by atoms with Crippen LogP contribution in [0.25, 0.3) is 21.9 Å². The summed E-state index contributed by atoms with van der Waals surface area (Å²) in [5.41, 5.74) is 1.69. The number of nitrogens with zero attached hydrogens (tertiary/aromatic N) is 5. The molecule has 4 aromatic rings. The summed E-state index contributed by atoms with van der Waals surface area (Å²) in [5.74, 6) is 0.117. The lowest BCUT2D eigenvalue weighted by Crippen LogP contribution is -2.29. The maximum Gasteiger partial charge on any atom is 0.433 e. The summed E-state index contributed by atoms with van der Waals surface area (Å²) in [4.78, 5) is 25.7. The maximum atomic E-state index is 13.0. The Labute approximate surface area is 210 Å². The second-order valence-electron chi connectivity index (χ2n) is 9.06. The van der Waals surface area contributed by atoms with Gasteiger partial charge in [-0.25, -0.2) is 9.97 Å². The topological polar surface area (TPSA) is 106 Å². The van der Waals surface area contributed by atoms with Crippen LogP contribution in [-0.2, 0) is 28.7 Å². The second kappa shape index (κ2) is 9.78. The first-order valence-electron chi connectivity index (χ1n) is 11.8. The summed E-state index contributed by atoms with van der Waals surface area (Å²) in [6.07, 6.45) is -1.53. The Morgan fingerprint density at radius 2 is 2.08 bits per heavy atom. The van der Waals surface area contributed by atoms with Crippen LogP contribution >= 0.6 is 0 Å². The summed E-state index contributed by atoms with van der Waals surface area (Å²) in [7, 11) is 0. The lowest BCUT2D eigenvalue weighted by molar-refractivity contribution is -0.141. The molecule has 2 atom stereocenters. The zero-order chi connectivity index (χ0) is 26.2. The molecule has 190 valence electrons. The number of hydrogen-bond donors (Lipinski definition) is 1. The molecule has 1 aromatic carbocycles. The van der Waals surface area contributed by atoms with Crippen molar-refractivity contribution in [1.29, 1.82) is 5.26 Å². The van der Waals surface area contributed by atoms with Gasteiger partial charge in [0.2, 0.25) is 5.91 Å². The number of carbonyl (C=O) groups excluding carboxylic acids is 1. The Hall–Kier alpha value is -4.04. The summed E-state index contributed by atoms with van der Waals surface area (Å²) < 4.78 is 46.7. The molecular weight excluding hydrogens is 485 g/mol. The van der Waals surface area contributed by atoms with Crippen molar-refractivity contribution >= 4 is 27.8 Å². The van der Waals surface area contributed by atoms with Crippen molar-refractivity contribution in [3.63, 3.8) is 0 Å². The van der Waals surface area contributed by atoms with Gasteiger partial charge in [0.25, 0.3) is 0 Å². The van der Waals surface area contributed by atoms with Crippen molar-refractivity contribution in [2.45, 2.75) is 51.1 Å². The lowest BCUT2D eigenvalue weighted by Gasteiger charge is -2.30. The van der Waals surface area contributed by atoms with Crippen LogP contribution in [-0.4, -0.2) is 38.1 Å². The van der Waals surface area contributed by atoms with Gasteiger partial charge in [0.05, 0.1) is 53.6 Å². The number of pyridine rings is 2. The monoisotopic (exact) mass is 508 g/mol. The molecule has 8 nitrogen and oxygen atoms in total. The van der Waals surface area contributed by atoms with E-state index in [1.807, 2.05) is 11.5 Å². The Morgan fingerprint density at radius 3 is 2.84 bits per heavy atom. The molecule has 1 aliphatic rings. The highest BCUT2D eigenvalue weighted by Crippen LogP contribution is 2.34. The van der Waals surface area contributed by atoms with Gasteiger partial charge in [0, 0.05) is 18.0 Å². The third-order valence-electron chi connectivity index (χ3n) is 6.42. The lowest BCUT2D eigenvalue weighted by atomic mass is 10.0. The minimum absolute atomic E-state index is 0.0121. The summed E-state index contributed by atoms with van der Waals surface area (Å²) in [6.45, 7) is 2.41. The van der Waals surface area contributed by atoms with Crippen LogP contribution in [0.15, 0.2) is 42.6 Å². The van der Waals surface area contributed by atoms with Crippen LogP contribution in [0.1, 0.15) is 48.6 Å². The molecular formula is C26H23F3N6O2. The van der Waals surface area contributed by atoms with Crippen molar-refractivity contribution in [2.75, 3.05) is 6.61 Å². The number of hydrogen-bond acceptors (Lipinski definition) is 6. The average molecular weight is 509 g/mol. The van der Waals surface area contributed by atoms with Gasteiger partial charge in [0.15, 0.2) is 0 Å². The summed E-state index contributed by atoms with van der Waals surface area (Å²) in [5, 5.41) is 12.9. The molecule has 1 N–H and O–H groups in total. The van der Waals surface area contributed by atoms with E-state index < -0.39 is 17.8 Å². The Kier molecular flexibility index (Phi) is 6.52. The normalized spacial score (nSPS) is 18.1. The molecule has 4 heterocycles. The molecule has 1 amide bonds. The van der Waals surface area contributed by atoms with Gasteiger partial charge in [-0.2, -0.15) is 18.4 Å². The van der Waals surface area contributed by atoms with E-state index >= 15 is 0 Å². The number of alkyl halides is 3. The van der Waals surface area contributed by atoms with Gasteiger partial charge in [-0.3, -0.25) is 9.78 Å². The predicted octanol–water partition coefficient (Wildman–Crippen LogP) is 4.47. The van der Waals surface area contributed by atoms with E-state index in [2.05, 4.69) is 21.4 Å². The van der Waals surface area contributed by atoms with Crippen molar-refractivity contribution in [1.82, 2.24) is 24.8 Å². The molecule has 0 bridgehead atoms. The van der Waals surface area contributed by atoms with Crippen LogP contribution < -0.4 is 5.32 Å². The Morgan fingerprint density at radius 1 is 1.24 bits per heavy atom. The smallest absolute Gasteiger partial charge is 0.378 e. The van der Waals surface area contributed by atoms with Crippen LogP contribution in [0.5, 0.6) is 0 Å².